The first kappa shape index (κ1) is 13.4. The van der Waals surface area contributed by atoms with Crippen LogP contribution in [0.4, 0.5) is 5.69 Å². The summed E-state index contributed by atoms with van der Waals surface area (Å²) in [5.74, 6) is 0.278. The number of ether oxygens (including phenoxy) is 2. The maximum atomic E-state index is 10.8. The molecule has 0 aliphatic heterocycles. The Morgan fingerprint density at radius 2 is 2.18 bits per heavy atom. The lowest BCUT2D eigenvalue weighted by molar-refractivity contribution is -0.385. The van der Waals surface area contributed by atoms with Gasteiger partial charge in [0.15, 0.2) is 5.75 Å². The van der Waals surface area contributed by atoms with Crippen molar-refractivity contribution < 1.29 is 14.4 Å². The average Bonchev–Trinajstić information content (AvgIpc) is 2.30. The van der Waals surface area contributed by atoms with Crippen molar-refractivity contribution in [1.82, 2.24) is 5.32 Å². The summed E-state index contributed by atoms with van der Waals surface area (Å²) in [6, 6.07) is 4.83. The molecule has 1 N–H and O–H groups in total. The fourth-order valence-corrected chi connectivity index (χ4v) is 1.37. The molecule has 6 heteroatoms. The first-order valence-corrected chi connectivity index (χ1v) is 5.22. The van der Waals surface area contributed by atoms with Crippen molar-refractivity contribution in [2.45, 2.75) is 6.54 Å². The lowest BCUT2D eigenvalue weighted by Crippen LogP contribution is -2.08. The van der Waals surface area contributed by atoms with E-state index in [1.54, 1.807) is 19.2 Å². The van der Waals surface area contributed by atoms with Gasteiger partial charge in [0.05, 0.1) is 11.5 Å². The SMILES string of the molecule is CNCc1ccc([N+](=O)[O-])c(OCCOC)c1. The first-order chi connectivity index (χ1) is 8.19. The molecule has 0 heterocycles. The maximum Gasteiger partial charge on any atom is 0.310 e. The van der Waals surface area contributed by atoms with Crippen molar-refractivity contribution in [3.05, 3.63) is 33.9 Å². The van der Waals surface area contributed by atoms with Gasteiger partial charge in [0.2, 0.25) is 0 Å². The summed E-state index contributed by atoms with van der Waals surface area (Å²) in [7, 11) is 3.36. The summed E-state index contributed by atoms with van der Waals surface area (Å²) in [6.07, 6.45) is 0. The standard InChI is InChI=1S/C11H16N2O4/c1-12-8-9-3-4-10(13(14)15)11(7-9)17-6-5-16-2/h3-4,7,12H,5-6,8H2,1-2H3. The first-order valence-electron chi connectivity index (χ1n) is 5.22. The lowest BCUT2D eigenvalue weighted by atomic mass is 10.2. The van der Waals surface area contributed by atoms with Crippen molar-refractivity contribution >= 4 is 5.69 Å². The Bertz CT molecular complexity index is 382. The molecule has 0 atom stereocenters. The highest BCUT2D eigenvalue weighted by atomic mass is 16.6. The molecule has 0 radical (unpaired) electrons. The molecule has 0 saturated heterocycles. The van der Waals surface area contributed by atoms with Crippen LogP contribution in [0.2, 0.25) is 0 Å². The van der Waals surface area contributed by atoms with Gasteiger partial charge in [-0.2, -0.15) is 0 Å². The smallest absolute Gasteiger partial charge is 0.310 e. The van der Waals surface area contributed by atoms with E-state index in [4.69, 9.17) is 9.47 Å². The van der Waals surface area contributed by atoms with Gasteiger partial charge in [-0.3, -0.25) is 10.1 Å². The second-order valence-corrected chi connectivity index (χ2v) is 3.43. The number of hydrogen-bond acceptors (Lipinski definition) is 5. The highest BCUT2D eigenvalue weighted by Gasteiger charge is 2.15. The van der Waals surface area contributed by atoms with Gasteiger partial charge in [0.1, 0.15) is 6.61 Å². The topological polar surface area (TPSA) is 73.6 Å². The van der Waals surface area contributed by atoms with E-state index in [9.17, 15) is 10.1 Å². The van der Waals surface area contributed by atoms with Crippen LogP contribution in [0.1, 0.15) is 5.56 Å². The van der Waals surface area contributed by atoms with Gasteiger partial charge < -0.3 is 14.8 Å². The zero-order valence-corrected chi connectivity index (χ0v) is 9.93. The Hall–Kier alpha value is -1.66. The van der Waals surface area contributed by atoms with Crippen LogP contribution in [0.5, 0.6) is 5.75 Å². The van der Waals surface area contributed by atoms with Gasteiger partial charge >= 0.3 is 5.69 Å². The molecule has 0 bridgehead atoms. The third-order valence-corrected chi connectivity index (χ3v) is 2.15. The molecule has 0 fully saturated rings. The van der Waals surface area contributed by atoms with Crippen LogP contribution in [-0.2, 0) is 11.3 Å². The molecule has 1 aromatic rings. The van der Waals surface area contributed by atoms with Crippen molar-refractivity contribution in [1.29, 1.82) is 0 Å². The van der Waals surface area contributed by atoms with Gasteiger partial charge in [-0.25, -0.2) is 0 Å². The Labute approximate surface area is 99.7 Å². The minimum absolute atomic E-state index is 0.0269. The molecule has 0 spiro atoms. The second kappa shape index (κ2) is 6.82. The molecular weight excluding hydrogens is 224 g/mol. The molecule has 0 unspecified atom stereocenters. The van der Waals surface area contributed by atoms with Crippen LogP contribution in [0.3, 0.4) is 0 Å². The maximum absolute atomic E-state index is 10.8. The summed E-state index contributed by atoms with van der Waals surface area (Å²) >= 11 is 0. The molecule has 94 valence electrons. The third kappa shape index (κ3) is 4.01. The van der Waals surface area contributed by atoms with Crippen molar-refractivity contribution in [2.24, 2.45) is 0 Å². The van der Waals surface area contributed by atoms with E-state index in [0.717, 1.165) is 5.56 Å². The van der Waals surface area contributed by atoms with Gasteiger partial charge in [0.25, 0.3) is 0 Å². The van der Waals surface area contributed by atoms with Crippen LogP contribution in [0.15, 0.2) is 18.2 Å². The highest BCUT2D eigenvalue weighted by molar-refractivity contribution is 5.48. The molecule has 6 nitrogen and oxygen atoms in total. The van der Waals surface area contributed by atoms with Crippen LogP contribution in [0.25, 0.3) is 0 Å². The van der Waals surface area contributed by atoms with E-state index < -0.39 is 4.92 Å². The van der Waals surface area contributed by atoms with E-state index in [-0.39, 0.29) is 11.4 Å². The molecular formula is C11H16N2O4. The number of hydrogen-bond donors (Lipinski definition) is 1. The summed E-state index contributed by atoms with van der Waals surface area (Å²) in [4.78, 5) is 10.3. The largest absolute Gasteiger partial charge is 0.484 e. The molecule has 0 aliphatic rings. The quantitative estimate of drug-likeness (QED) is 0.442. The van der Waals surface area contributed by atoms with E-state index >= 15 is 0 Å². The Morgan fingerprint density at radius 1 is 1.41 bits per heavy atom. The zero-order valence-electron chi connectivity index (χ0n) is 9.93. The predicted octanol–water partition coefficient (Wildman–Crippen LogP) is 1.34. The molecule has 0 aliphatic carbocycles. The minimum atomic E-state index is -0.453. The predicted molar refractivity (Wildman–Crippen MR) is 63.2 cm³/mol. The van der Waals surface area contributed by atoms with Gasteiger partial charge in [-0.1, -0.05) is 6.07 Å². The van der Waals surface area contributed by atoms with Crippen molar-refractivity contribution in [3.63, 3.8) is 0 Å². The van der Waals surface area contributed by atoms with E-state index in [1.165, 1.54) is 6.07 Å². The number of nitro groups is 1. The van der Waals surface area contributed by atoms with Gasteiger partial charge in [0, 0.05) is 19.7 Å². The van der Waals surface area contributed by atoms with Crippen LogP contribution >= 0.6 is 0 Å². The Balaban J connectivity index is 2.86. The summed E-state index contributed by atoms with van der Waals surface area (Å²) < 4.78 is 10.2. The third-order valence-electron chi connectivity index (χ3n) is 2.15. The van der Waals surface area contributed by atoms with E-state index in [0.29, 0.717) is 19.8 Å². The normalized spacial score (nSPS) is 10.2. The fourth-order valence-electron chi connectivity index (χ4n) is 1.37. The second-order valence-electron chi connectivity index (χ2n) is 3.43. The molecule has 17 heavy (non-hydrogen) atoms. The van der Waals surface area contributed by atoms with E-state index in [2.05, 4.69) is 5.32 Å². The molecule has 1 aromatic carbocycles. The average molecular weight is 240 g/mol. The highest BCUT2D eigenvalue weighted by Crippen LogP contribution is 2.27. The number of rotatable bonds is 7. The Morgan fingerprint density at radius 3 is 2.76 bits per heavy atom. The molecule has 0 saturated carbocycles. The van der Waals surface area contributed by atoms with Crippen molar-refractivity contribution in [3.8, 4) is 5.75 Å². The van der Waals surface area contributed by atoms with Crippen LogP contribution in [-0.4, -0.2) is 32.3 Å². The summed E-state index contributed by atoms with van der Waals surface area (Å²) in [6.45, 7) is 1.33. The fraction of sp³-hybridized carbons (Fsp3) is 0.455. The van der Waals surface area contributed by atoms with Gasteiger partial charge in [-0.05, 0) is 18.7 Å². The number of nitrogens with one attached hydrogen (secondary N) is 1. The van der Waals surface area contributed by atoms with Crippen molar-refractivity contribution in [2.75, 3.05) is 27.4 Å². The number of methoxy groups -OCH3 is 1. The summed E-state index contributed by atoms with van der Waals surface area (Å²) in [5.41, 5.74) is 0.909. The number of benzene rings is 1. The van der Waals surface area contributed by atoms with Crippen LogP contribution in [0, 0.1) is 10.1 Å². The lowest BCUT2D eigenvalue weighted by Gasteiger charge is -2.08. The van der Waals surface area contributed by atoms with Crippen LogP contribution < -0.4 is 10.1 Å². The van der Waals surface area contributed by atoms with E-state index in [1.807, 2.05) is 7.05 Å². The minimum Gasteiger partial charge on any atom is -0.484 e. The molecule has 0 amide bonds. The monoisotopic (exact) mass is 240 g/mol. The van der Waals surface area contributed by atoms with Gasteiger partial charge in [-0.15, -0.1) is 0 Å². The Kier molecular flexibility index (Phi) is 5.38. The number of nitrogens with zero attached hydrogens (tertiary/aromatic N) is 1. The summed E-state index contributed by atoms with van der Waals surface area (Å²) in [5, 5.41) is 13.8. The molecule has 1 rings (SSSR count). The zero-order chi connectivity index (χ0) is 12.7. The molecule has 0 aromatic heterocycles. The number of nitro benzene ring substituents is 1.